The van der Waals surface area contributed by atoms with Crippen molar-refractivity contribution in [3.8, 4) is 0 Å². The summed E-state index contributed by atoms with van der Waals surface area (Å²) in [6, 6.07) is 7.43. The van der Waals surface area contributed by atoms with Crippen molar-refractivity contribution in [2.45, 2.75) is 83.2 Å². The summed E-state index contributed by atoms with van der Waals surface area (Å²) in [5, 5.41) is 22.3. The molecular weight excluding hydrogens is 496 g/mol. The molecule has 1 amide bonds. The number of imidazole rings is 1. The molecule has 4 rings (SSSR count). The predicted octanol–water partition coefficient (Wildman–Crippen LogP) is 4.21. The fraction of sp³-hybridized carbons (Fsp3) is 0.556. The zero-order valence-electron chi connectivity index (χ0n) is 21.3. The first-order valence-corrected chi connectivity index (χ1v) is 13.4. The van der Waals surface area contributed by atoms with E-state index in [1.807, 2.05) is 24.3 Å². The van der Waals surface area contributed by atoms with Crippen LogP contribution in [0.5, 0.6) is 0 Å². The van der Waals surface area contributed by atoms with Gasteiger partial charge in [-0.1, -0.05) is 62.1 Å². The maximum absolute atomic E-state index is 11.8. The molecule has 0 spiro atoms. The maximum atomic E-state index is 11.8. The minimum absolute atomic E-state index is 0.00351. The molecule has 1 saturated heterocycles. The van der Waals surface area contributed by atoms with Crippen molar-refractivity contribution in [1.29, 1.82) is 0 Å². The Bertz CT molecular complexity index is 1070. The van der Waals surface area contributed by atoms with E-state index in [4.69, 9.17) is 17.3 Å². The third-order valence-electron chi connectivity index (χ3n) is 7.18. The number of hydrogen-bond acceptors (Lipinski definition) is 5. The summed E-state index contributed by atoms with van der Waals surface area (Å²) >= 11 is 6.09. The van der Waals surface area contributed by atoms with Gasteiger partial charge < -0.3 is 25.8 Å². The minimum Gasteiger partial charge on any atom is -0.481 e. The lowest BCUT2D eigenvalue weighted by molar-refractivity contribution is -0.140. The van der Waals surface area contributed by atoms with E-state index in [0.29, 0.717) is 18.8 Å². The van der Waals surface area contributed by atoms with E-state index >= 15 is 0 Å². The second kappa shape index (κ2) is 13.6. The van der Waals surface area contributed by atoms with Crippen LogP contribution in [0.25, 0.3) is 0 Å². The number of nitrogens with zero attached hydrogens (tertiary/aromatic N) is 2. The van der Waals surface area contributed by atoms with Crippen LogP contribution in [0.3, 0.4) is 0 Å². The lowest BCUT2D eigenvalue weighted by atomic mass is 9.84. The smallest absolute Gasteiger partial charge is 0.355 e. The molecule has 0 bridgehead atoms. The van der Waals surface area contributed by atoms with Gasteiger partial charge in [0.1, 0.15) is 5.82 Å². The number of aromatic carboxylic acids is 1. The highest BCUT2D eigenvalue weighted by Gasteiger charge is 2.32. The number of rotatable bonds is 10. The molecule has 1 aliphatic heterocycles. The van der Waals surface area contributed by atoms with Crippen molar-refractivity contribution in [1.82, 2.24) is 14.9 Å². The SMILES string of the molecule is CCCCc1nc(Cl)c(C(=O)O)n1Cc1ccc(C(C(=O)O)C2CCCC2)cc1.NC(=O)[C@@H]1CCCN1. The summed E-state index contributed by atoms with van der Waals surface area (Å²) in [4.78, 5) is 38.1. The number of primary amides is 1. The normalized spacial score (nSPS) is 18.3. The van der Waals surface area contributed by atoms with E-state index in [1.54, 1.807) is 4.57 Å². The Hall–Kier alpha value is -2.91. The van der Waals surface area contributed by atoms with Crippen LogP contribution < -0.4 is 11.1 Å². The number of aliphatic carboxylic acids is 1. The summed E-state index contributed by atoms with van der Waals surface area (Å²) in [7, 11) is 0. The summed E-state index contributed by atoms with van der Waals surface area (Å²) in [6.45, 7) is 3.34. The number of unbranched alkanes of at least 4 members (excludes halogenated alkanes) is 1. The summed E-state index contributed by atoms with van der Waals surface area (Å²) in [5.74, 6) is -1.74. The van der Waals surface area contributed by atoms with Gasteiger partial charge in [-0.2, -0.15) is 0 Å². The molecule has 2 fully saturated rings. The Morgan fingerprint density at radius 1 is 1.14 bits per heavy atom. The molecule has 10 heteroatoms. The topological polar surface area (TPSA) is 148 Å². The molecule has 2 aromatic rings. The lowest BCUT2D eigenvalue weighted by Crippen LogP contribution is -2.36. The van der Waals surface area contributed by atoms with E-state index < -0.39 is 17.9 Å². The molecule has 37 heavy (non-hydrogen) atoms. The number of halogens is 1. The van der Waals surface area contributed by atoms with Crippen LogP contribution in [0.15, 0.2) is 24.3 Å². The Kier molecular flexibility index (Phi) is 10.5. The predicted molar refractivity (Wildman–Crippen MR) is 141 cm³/mol. The van der Waals surface area contributed by atoms with Crippen LogP contribution in [0.1, 0.15) is 91.6 Å². The number of aromatic nitrogens is 2. The van der Waals surface area contributed by atoms with Gasteiger partial charge in [0.15, 0.2) is 10.8 Å². The van der Waals surface area contributed by atoms with Gasteiger partial charge in [-0.15, -0.1) is 0 Å². The van der Waals surface area contributed by atoms with Crippen molar-refractivity contribution in [3.05, 3.63) is 52.1 Å². The zero-order chi connectivity index (χ0) is 26.9. The second-order valence-electron chi connectivity index (χ2n) is 9.82. The van der Waals surface area contributed by atoms with E-state index in [0.717, 1.165) is 69.0 Å². The van der Waals surface area contributed by atoms with Gasteiger partial charge in [0, 0.05) is 13.0 Å². The average molecular weight is 533 g/mol. The highest BCUT2D eigenvalue weighted by Crippen LogP contribution is 2.37. The van der Waals surface area contributed by atoms with Crippen molar-refractivity contribution >= 4 is 29.4 Å². The van der Waals surface area contributed by atoms with Crippen LogP contribution in [-0.4, -0.2) is 50.2 Å². The van der Waals surface area contributed by atoms with E-state index in [9.17, 15) is 24.6 Å². The molecule has 5 N–H and O–H groups in total. The van der Waals surface area contributed by atoms with E-state index in [2.05, 4.69) is 17.2 Å². The summed E-state index contributed by atoms with van der Waals surface area (Å²) < 4.78 is 1.65. The van der Waals surface area contributed by atoms with Crippen molar-refractivity contribution in [3.63, 3.8) is 0 Å². The molecule has 2 atom stereocenters. The highest BCUT2D eigenvalue weighted by atomic mass is 35.5. The molecule has 1 saturated carbocycles. The Labute approximate surface area is 222 Å². The van der Waals surface area contributed by atoms with Crippen LogP contribution >= 0.6 is 11.6 Å². The van der Waals surface area contributed by atoms with Gasteiger partial charge in [-0.05, 0) is 55.7 Å². The van der Waals surface area contributed by atoms with Crippen LogP contribution in [0.2, 0.25) is 5.15 Å². The standard InChI is InChI=1S/C22H27ClN2O4.C5H10N2O/c1-2-3-8-17-24-20(23)19(22(28)29)25(17)13-14-9-11-16(12-10-14)18(21(26)27)15-6-4-5-7-15;6-5(8)4-2-1-3-7-4/h9-12,15,18H,2-8,13H2,1H3,(H,26,27)(H,28,29);4,7H,1-3H2,(H2,6,8)/t;4-/m.0/s1. The van der Waals surface area contributed by atoms with Crippen molar-refractivity contribution in [2.75, 3.05) is 6.54 Å². The van der Waals surface area contributed by atoms with Gasteiger partial charge in [-0.25, -0.2) is 9.78 Å². The van der Waals surface area contributed by atoms with Crippen molar-refractivity contribution < 1.29 is 24.6 Å². The molecule has 1 aliphatic carbocycles. The number of carbonyl (C=O) groups is 3. The summed E-state index contributed by atoms with van der Waals surface area (Å²) in [5.41, 5.74) is 6.69. The number of nitrogens with two attached hydrogens (primary N) is 1. The number of aryl methyl sites for hydroxylation is 1. The number of carboxylic acids is 2. The van der Waals surface area contributed by atoms with E-state index in [-0.39, 0.29) is 28.7 Å². The molecular formula is C27H37ClN4O5. The first-order chi connectivity index (χ1) is 17.7. The molecule has 0 radical (unpaired) electrons. The molecule has 2 heterocycles. The quantitative estimate of drug-likeness (QED) is 0.358. The fourth-order valence-corrected chi connectivity index (χ4v) is 5.49. The summed E-state index contributed by atoms with van der Waals surface area (Å²) in [6.07, 6.45) is 8.60. The molecule has 1 aromatic heterocycles. The van der Waals surface area contributed by atoms with Crippen LogP contribution in [0, 0.1) is 5.92 Å². The van der Waals surface area contributed by atoms with Crippen molar-refractivity contribution in [2.24, 2.45) is 11.7 Å². The molecule has 2 aliphatic rings. The van der Waals surface area contributed by atoms with Gasteiger partial charge in [0.25, 0.3) is 0 Å². The number of amides is 1. The zero-order valence-corrected chi connectivity index (χ0v) is 22.0. The third kappa shape index (κ3) is 7.55. The number of carboxylic acid groups (broad SMARTS) is 2. The fourth-order valence-electron chi connectivity index (χ4n) is 5.21. The van der Waals surface area contributed by atoms with Gasteiger partial charge in [0.2, 0.25) is 5.91 Å². The van der Waals surface area contributed by atoms with Gasteiger partial charge >= 0.3 is 11.9 Å². The Balaban J connectivity index is 0.000000405. The van der Waals surface area contributed by atoms with Crippen LogP contribution in [-0.2, 0) is 22.6 Å². The number of hydrogen-bond donors (Lipinski definition) is 4. The van der Waals surface area contributed by atoms with Gasteiger partial charge in [0.05, 0.1) is 12.0 Å². The Morgan fingerprint density at radius 3 is 2.30 bits per heavy atom. The largest absolute Gasteiger partial charge is 0.481 e. The van der Waals surface area contributed by atoms with E-state index in [1.165, 1.54) is 0 Å². The monoisotopic (exact) mass is 532 g/mol. The first kappa shape index (κ1) is 28.7. The minimum atomic E-state index is -1.10. The third-order valence-corrected chi connectivity index (χ3v) is 7.44. The molecule has 1 unspecified atom stereocenters. The highest BCUT2D eigenvalue weighted by molar-refractivity contribution is 6.32. The second-order valence-corrected chi connectivity index (χ2v) is 10.2. The first-order valence-electron chi connectivity index (χ1n) is 13.0. The van der Waals surface area contributed by atoms with Gasteiger partial charge in [-0.3, -0.25) is 9.59 Å². The van der Waals surface area contributed by atoms with Crippen LogP contribution in [0.4, 0.5) is 0 Å². The number of carbonyl (C=O) groups excluding carboxylic acids is 1. The number of benzene rings is 1. The molecule has 1 aromatic carbocycles. The maximum Gasteiger partial charge on any atom is 0.355 e. The lowest BCUT2D eigenvalue weighted by Gasteiger charge is -2.20. The number of nitrogens with one attached hydrogen (secondary N) is 1. The molecule has 9 nitrogen and oxygen atoms in total. The Morgan fingerprint density at radius 2 is 1.81 bits per heavy atom. The molecule has 202 valence electrons. The average Bonchev–Trinajstić information content (AvgIpc) is 3.61.